The van der Waals surface area contributed by atoms with Gasteiger partial charge in [0.2, 0.25) is 0 Å². The Morgan fingerprint density at radius 1 is 1.05 bits per heavy atom. The Morgan fingerprint density at radius 3 is 2.59 bits per heavy atom. The van der Waals surface area contributed by atoms with Gasteiger partial charge in [-0.1, -0.05) is 30.3 Å². The van der Waals surface area contributed by atoms with Crippen LogP contribution in [0.2, 0.25) is 0 Å². The summed E-state index contributed by atoms with van der Waals surface area (Å²) in [6, 6.07) is 21.1. The number of hydrazone groups is 1. The van der Waals surface area contributed by atoms with E-state index in [2.05, 4.69) is 25.6 Å². The molecule has 0 bridgehead atoms. The van der Waals surface area contributed by atoms with Gasteiger partial charge in [0.1, 0.15) is 17.8 Å². The third-order valence-corrected chi connectivity index (χ3v) is 6.17. The van der Waals surface area contributed by atoms with Gasteiger partial charge >= 0.3 is 6.36 Å². The quantitative estimate of drug-likeness (QED) is 0.139. The van der Waals surface area contributed by atoms with Crippen LogP contribution in [0.4, 0.5) is 18.9 Å². The van der Waals surface area contributed by atoms with E-state index in [1.165, 1.54) is 12.1 Å². The van der Waals surface area contributed by atoms with Crippen LogP contribution in [0, 0.1) is 6.92 Å². The molecule has 0 radical (unpaired) electrons. The number of anilines is 1. The SMILES string of the molecule is COc1cccc(C)c1NC(=S)NN=Cc1ccc2c(ccc3c2ncn3-c2ccc(OC(F)(F)F)cc2)c1. The first-order chi connectivity index (χ1) is 18.7. The molecule has 0 unspecified atom stereocenters. The minimum atomic E-state index is -4.74. The average Bonchev–Trinajstić information content (AvgIpc) is 3.34. The van der Waals surface area contributed by atoms with E-state index in [0.29, 0.717) is 16.5 Å². The molecular weight excluding hydrogens is 527 g/mol. The number of aromatic nitrogens is 2. The molecule has 11 heteroatoms. The highest BCUT2D eigenvalue weighted by Gasteiger charge is 2.31. The molecule has 0 spiro atoms. The molecule has 1 heterocycles. The zero-order valence-electron chi connectivity index (χ0n) is 20.8. The Labute approximate surface area is 226 Å². The number of hydrogen-bond donors (Lipinski definition) is 2. The number of aryl methyl sites for hydroxylation is 1. The summed E-state index contributed by atoms with van der Waals surface area (Å²) < 4.78 is 48.5. The maximum atomic E-state index is 12.5. The zero-order chi connectivity index (χ0) is 27.6. The van der Waals surface area contributed by atoms with E-state index in [-0.39, 0.29) is 5.75 Å². The van der Waals surface area contributed by atoms with Gasteiger partial charge in [0, 0.05) is 11.1 Å². The van der Waals surface area contributed by atoms with Crippen LogP contribution in [0.15, 0.2) is 84.2 Å². The molecule has 198 valence electrons. The van der Waals surface area contributed by atoms with E-state index in [4.69, 9.17) is 17.0 Å². The lowest BCUT2D eigenvalue weighted by molar-refractivity contribution is -0.274. The topological polar surface area (TPSA) is 72.7 Å². The Morgan fingerprint density at radius 2 is 1.85 bits per heavy atom. The van der Waals surface area contributed by atoms with Crippen LogP contribution in [0.25, 0.3) is 27.5 Å². The van der Waals surface area contributed by atoms with Crippen molar-refractivity contribution < 1.29 is 22.6 Å². The molecule has 0 fully saturated rings. The van der Waals surface area contributed by atoms with Gasteiger partial charge in [0.15, 0.2) is 5.11 Å². The minimum Gasteiger partial charge on any atom is -0.495 e. The van der Waals surface area contributed by atoms with Crippen LogP contribution >= 0.6 is 12.2 Å². The fourth-order valence-corrected chi connectivity index (χ4v) is 4.36. The summed E-state index contributed by atoms with van der Waals surface area (Å²) in [4.78, 5) is 4.55. The molecule has 0 aliphatic rings. The lowest BCUT2D eigenvalue weighted by Crippen LogP contribution is -2.24. The molecule has 1 aromatic heterocycles. The average molecular weight is 550 g/mol. The lowest BCUT2D eigenvalue weighted by atomic mass is 10.1. The smallest absolute Gasteiger partial charge is 0.495 e. The molecule has 4 aromatic carbocycles. The number of hydrogen-bond acceptors (Lipinski definition) is 5. The molecule has 0 aliphatic carbocycles. The fraction of sp³-hybridized carbons (Fsp3) is 0.107. The largest absolute Gasteiger partial charge is 0.573 e. The number of fused-ring (bicyclic) bond motifs is 3. The molecule has 0 saturated carbocycles. The molecule has 0 amide bonds. The number of thiocarbonyl (C=S) groups is 1. The number of nitrogens with zero attached hydrogens (tertiary/aromatic N) is 3. The van der Waals surface area contributed by atoms with Gasteiger partial charge in [0.25, 0.3) is 0 Å². The Kier molecular flexibility index (Phi) is 7.07. The number of alkyl halides is 3. The number of halogens is 3. The Balaban J connectivity index is 1.32. The first-order valence-corrected chi connectivity index (χ1v) is 12.1. The van der Waals surface area contributed by atoms with E-state index in [1.807, 2.05) is 60.0 Å². The van der Waals surface area contributed by atoms with Crippen LogP contribution in [0.3, 0.4) is 0 Å². The van der Waals surface area contributed by atoms with Crippen molar-refractivity contribution in [2.75, 3.05) is 12.4 Å². The summed E-state index contributed by atoms with van der Waals surface area (Å²) in [5.74, 6) is 0.398. The number of benzene rings is 4. The van der Waals surface area contributed by atoms with E-state index in [0.717, 1.165) is 38.6 Å². The predicted octanol–water partition coefficient (Wildman–Crippen LogP) is 6.71. The van der Waals surface area contributed by atoms with Crippen molar-refractivity contribution in [3.05, 3.63) is 90.3 Å². The fourth-order valence-electron chi connectivity index (χ4n) is 4.20. The molecule has 7 nitrogen and oxygen atoms in total. The van der Waals surface area contributed by atoms with Crippen molar-refractivity contribution in [3.8, 4) is 17.2 Å². The summed E-state index contributed by atoms with van der Waals surface area (Å²) in [6.07, 6.45) is -1.43. The number of methoxy groups -OCH3 is 1. The number of nitrogens with one attached hydrogen (secondary N) is 2. The van der Waals surface area contributed by atoms with Crippen molar-refractivity contribution in [2.24, 2.45) is 5.10 Å². The van der Waals surface area contributed by atoms with Gasteiger partial charge in [-0.25, -0.2) is 4.98 Å². The molecule has 0 aliphatic heterocycles. The zero-order valence-corrected chi connectivity index (χ0v) is 21.6. The number of imidazole rings is 1. The summed E-state index contributed by atoms with van der Waals surface area (Å²) in [5, 5.41) is 9.56. The van der Waals surface area contributed by atoms with Crippen LogP contribution in [-0.4, -0.2) is 34.4 Å². The molecule has 2 N–H and O–H groups in total. The van der Waals surface area contributed by atoms with Crippen LogP contribution in [0.1, 0.15) is 11.1 Å². The molecule has 5 aromatic rings. The summed E-state index contributed by atoms with van der Waals surface area (Å²) in [7, 11) is 1.60. The van der Waals surface area contributed by atoms with E-state index < -0.39 is 6.36 Å². The van der Waals surface area contributed by atoms with Gasteiger partial charge in [-0.3, -0.25) is 9.99 Å². The Bertz CT molecular complexity index is 1700. The highest BCUT2D eigenvalue weighted by molar-refractivity contribution is 7.80. The molecular formula is C28H22F3N5O2S. The van der Waals surface area contributed by atoms with Crippen molar-refractivity contribution in [3.63, 3.8) is 0 Å². The standard InChI is InChI=1S/C28H22F3N5O2S/c1-17-4-3-5-24(37-2)25(17)34-27(39)35-33-15-18-6-12-22-19(14-18)7-13-23-26(22)32-16-36(23)20-8-10-21(11-9-20)38-28(29,30)31/h3-16H,1-2H3,(H2,34,35,39). The predicted molar refractivity (Wildman–Crippen MR) is 150 cm³/mol. The summed E-state index contributed by atoms with van der Waals surface area (Å²) in [5.41, 5.74) is 7.67. The lowest BCUT2D eigenvalue weighted by Gasteiger charge is -2.13. The first-order valence-electron chi connectivity index (χ1n) is 11.7. The molecule has 39 heavy (non-hydrogen) atoms. The second-order valence-electron chi connectivity index (χ2n) is 8.55. The molecule has 0 saturated heterocycles. The van der Waals surface area contributed by atoms with Crippen molar-refractivity contribution >= 4 is 51.0 Å². The van der Waals surface area contributed by atoms with Crippen LogP contribution in [-0.2, 0) is 0 Å². The second-order valence-corrected chi connectivity index (χ2v) is 8.95. The number of rotatable bonds is 6. The number of ether oxygens (including phenoxy) is 2. The normalized spacial score (nSPS) is 11.7. The highest BCUT2D eigenvalue weighted by atomic mass is 32.1. The number of para-hydroxylation sites is 1. The third-order valence-electron chi connectivity index (χ3n) is 5.98. The van der Waals surface area contributed by atoms with Gasteiger partial charge in [-0.15, -0.1) is 13.2 Å². The minimum absolute atomic E-state index is 0.281. The van der Waals surface area contributed by atoms with Gasteiger partial charge in [-0.05, 0) is 78.1 Å². The van der Waals surface area contributed by atoms with Crippen LogP contribution in [0.5, 0.6) is 11.5 Å². The maximum Gasteiger partial charge on any atom is 0.573 e. The highest BCUT2D eigenvalue weighted by Crippen LogP contribution is 2.29. The van der Waals surface area contributed by atoms with E-state index in [1.54, 1.807) is 31.8 Å². The summed E-state index contributed by atoms with van der Waals surface area (Å²) >= 11 is 5.36. The van der Waals surface area contributed by atoms with E-state index in [9.17, 15) is 13.2 Å². The summed E-state index contributed by atoms with van der Waals surface area (Å²) in [6.45, 7) is 1.95. The maximum absolute atomic E-state index is 12.5. The second kappa shape index (κ2) is 10.6. The molecule has 5 rings (SSSR count). The van der Waals surface area contributed by atoms with E-state index >= 15 is 0 Å². The van der Waals surface area contributed by atoms with Gasteiger partial charge in [0.05, 0.1) is 30.0 Å². The monoisotopic (exact) mass is 549 g/mol. The molecule has 0 atom stereocenters. The van der Waals surface area contributed by atoms with Gasteiger partial charge < -0.3 is 14.8 Å². The van der Waals surface area contributed by atoms with Crippen LogP contribution < -0.4 is 20.2 Å². The van der Waals surface area contributed by atoms with Crippen molar-refractivity contribution in [1.29, 1.82) is 0 Å². The van der Waals surface area contributed by atoms with Crippen molar-refractivity contribution in [1.82, 2.24) is 15.0 Å². The van der Waals surface area contributed by atoms with Gasteiger partial charge in [-0.2, -0.15) is 5.10 Å². The third kappa shape index (κ3) is 5.78. The van der Waals surface area contributed by atoms with Crippen molar-refractivity contribution in [2.45, 2.75) is 13.3 Å². The Hall–Kier alpha value is -4.64. The first kappa shape index (κ1) is 26.0.